The Morgan fingerprint density at radius 2 is 1.95 bits per heavy atom. The number of benzene rings is 1. The van der Waals surface area contributed by atoms with Gasteiger partial charge in [-0.1, -0.05) is 18.2 Å². The largest absolute Gasteiger partial charge is 0.352 e. The van der Waals surface area contributed by atoms with Crippen molar-refractivity contribution in [2.45, 2.75) is 20.3 Å². The van der Waals surface area contributed by atoms with Crippen molar-refractivity contribution < 1.29 is 4.79 Å². The Morgan fingerprint density at radius 1 is 1.18 bits per heavy atom. The molecule has 2 aromatic heterocycles. The molecule has 0 fully saturated rings. The van der Waals surface area contributed by atoms with Crippen LogP contribution in [0.1, 0.15) is 27.6 Å². The Balaban J connectivity index is 1.69. The molecule has 0 aliphatic heterocycles. The van der Waals surface area contributed by atoms with Crippen molar-refractivity contribution in [1.29, 1.82) is 0 Å². The van der Waals surface area contributed by atoms with E-state index in [1.807, 2.05) is 42.5 Å². The predicted molar refractivity (Wildman–Crippen MR) is 82.7 cm³/mol. The monoisotopic (exact) mass is 295 g/mol. The number of hydrogen-bond acceptors (Lipinski definition) is 4. The lowest BCUT2D eigenvalue weighted by molar-refractivity contribution is 0.0954. The minimum atomic E-state index is -0.0832. The van der Waals surface area contributed by atoms with E-state index in [-0.39, 0.29) is 5.91 Å². The molecule has 3 aromatic rings. The molecule has 1 amide bonds. The maximum absolute atomic E-state index is 12.0. The Kier molecular flexibility index (Phi) is 3.82. The highest BCUT2D eigenvalue weighted by molar-refractivity contribution is 5.94. The van der Waals surface area contributed by atoms with Crippen molar-refractivity contribution in [3.63, 3.8) is 0 Å². The van der Waals surface area contributed by atoms with Crippen LogP contribution >= 0.6 is 0 Å². The highest BCUT2D eigenvalue weighted by atomic mass is 16.1. The van der Waals surface area contributed by atoms with Crippen molar-refractivity contribution in [2.24, 2.45) is 0 Å². The number of rotatable bonds is 4. The summed E-state index contributed by atoms with van der Waals surface area (Å²) in [6.45, 7) is 4.43. The molecule has 0 aliphatic carbocycles. The summed E-state index contributed by atoms with van der Waals surface area (Å²) in [4.78, 5) is 16.3. The highest BCUT2D eigenvalue weighted by Gasteiger charge is 2.10. The molecule has 3 rings (SSSR count). The summed E-state index contributed by atoms with van der Waals surface area (Å²) >= 11 is 0. The van der Waals surface area contributed by atoms with Gasteiger partial charge in [-0.25, -0.2) is 4.98 Å². The standard InChI is InChI=1S/C16H17N5O/c1-11-10-12(2)21-14(19-20-16(21)18-11)8-9-17-15(22)13-6-4-3-5-7-13/h3-7,10H,8-9H2,1-2H3,(H,17,22). The first-order valence-electron chi connectivity index (χ1n) is 7.16. The van der Waals surface area contributed by atoms with Crippen LogP contribution in [0, 0.1) is 13.8 Å². The van der Waals surface area contributed by atoms with Gasteiger partial charge in [0.25, 0.3) is 11.7 Å². The number of carbonyl (C=O) groups excluding carboxylic acids is 1. The molecule has 0 radical (unpaired) electrons. The van der Waals surface area contributed by atoms with Gasteiger partial charge in [0.2, 0.25) is 0 Å². The van der Waals surface area contributed by atoms with Gasteiger partial charge in [0.15, 0.2) is 0 Å². The lowest BCUT2D eigenvalue weighted by atomic mass is 10.2. The van der Waals surface area contributed by atoms with Crippen LogP contribution in [0.3, 0.4) is 0 Å². The maximum atomic E-state index is 12.0. The third-order valence-electron chi connectivity index (χ3n) is 3.43. The first kappa shape index (κ1) is 14.2. The number of aromatic nitrogens is 4. The first-order valence-corrected chi connectivity index (χ1v) is 7.16. The molecule has 0 saturated heterocycles. The van der Waals surface area contributed by atoms with E-state index >= 15 is 0 Å². The molecule has 0 atom stereocenters. The first-order chi connectivity index (χ1) is 10.6. The molecule has 6 nitrogen and oxygen atoms in total. The second-order valence-corrected chi connectivity index (χ2v) is 5.16. The van der Waals surface area contributed by atoms with E-state index in [0.717, 1.165) is 17.2 Å². The second-order valence-electron chi connectivity index (χ2n) is 5.16. The molecule has 1 N–H and O–H groups in total. The number of hydrogen-bond donors (Lipinski definition) is 1. The van der Waals surface area contributed by atoms with Gasteiger partial charge in [-0.05, 0) is 32.0 Å². The number of fused-ring (bicyclic) bond motifs is 1. The summed E-state index contributed by atoms with van der Waals surface area (Å²) in [7, 11) is 0. The SMILES string of the molecule is Cc1cc(C)n2c(CCNC(=O)c3ccccc3)nnc2n1. The summed E-state index contributed by atoms with van der Waals surface area (Å²) in [6, 6.07) is 11.1. The van der Waals surface area contributed by atoms with Crippen LogP contribution in [0.5, 0.6) is 0 Å². The molecule has 0 bridgehead atoms. The van der Waals surface area contributed by atoms with Crippen LogP contribution in [0.4, 0.5) is 0 Å². The average molecular weight is 295 g/mol. The zero-order valence-electron chi connectivity index (χ0n) is 12.6. The fourth-order valence-electron chi connectivity index (χ4n) is 2.44. The van der Waals surface area contributed by atoms with E-state index in [1.54, 1.807) is 12.1 Å². The number of amides is 1. The third kappa shape index (κ3) is 2.81. The lowest BCUT2D eigenvalue weighted by Crippen LogP contribution is -2.26. The maximum Gasteiger partial charge on any atom is 0.255 e. The van der Waals surface area contributed by atoms with Gasteiger partial charge in [-0.3, -0.25) is 9.20 Å². The second kappa shape index (κ2) is 5.93. The summed E-state index contributed by atoms with van der Waals surface area (Å²) < 4.78 is 1.92. The van der Waals surface area contributed by atoms with Gasteiger partial charge in [-0.15, -0.1) is 10.2 Å². The van der Waals surface area contributed by atoms with Crippen LogP contribution in [0.25, 0.3) is 5.78 Å². The van der Waals surface area contributed by atoms with Crippen molar-refractivity contribution >= 4 is 11.7 Å². The fraction of sp³-hybridized carbons (Fsp3) is 0.250. The Labute approximate surface area is 128 Å². The number of aryl methyl sites for hydroxylation is 2. The molecule has 0 unspecified atom stereocenters. The van der Waals surface area contributed by atoms with Crippen LogP contribution in [0.2, 0.25) is 0 Å². The van der Waals surface area contributed by atoms with E-state index in [0.29, 0.717) is 24.3 Å². The smallest absolute Gasteiger partial charge is 0.255 e. The summed E-state index contributed by atoms with van der Waals surface area (Å²) in [6.07, 6.45) is 0.603. The Morgan fingerprint density at radius 3 is 2.73 bits per heavy atom. The fourth-order valence-corrected chi connectivity index (χ4v) is 2.44. The zero-order chi connectivity index (χ0) is 15.5. The van der Waals surface area contributed by atoms with E-state index in [1.165, 1.54) is 0 Å². The van der Waals surface area contributed by atoms with Crippen LogP contribution in [-0.2, 0) is 6.42 Å². The zero-order valence-corrected chi connectivity index (χ0v) is 12.6. The van der Waals surface area contributed by atoms with E-state index in [2.05, 4.69) is 20.5 Å². The van der Waals surface area contributed by atoms with Gasteiger partial charge >= 0.3 is 0 Å². The Hall–Kier alpha value is -2.76. The average Bonchev–Trinajstić information content (AvgIpc) is 2.91. The molecule has 2 heterocycles. The molecule has 0 aliphatic rings. The minimum Gasteiger partial charge on any atom is -0.352 e. The van der Waals surface area contributed by atoms with Crippen molar-refractivity contribution in [3.8, 4) is 0 Å². The van der Waals surface area contributed by atoms with Gasteiger partial charge in [0, 0.05) is 29.9 Å². The topological polar surface area (TPSA) is 72.2 Å². The minimum absolute atomic E-state index is 0.0832. The van der Waals surface area contributed by atoms with E-state index in [4.69, 9.17) is 0 Å². The van der Waals surface area contributed by atoms with Gasteiger partial charge in [0.1, 0.15) is 5.82 Å². The molecule has 22 heavy (non-hydrogen) atoms. The number of nitrogens with one attached hydrogen (secondary N) is 1. The van der Waals surface area contributed by atoms with E-state index < -0.39 is 0 Å². The lowest BCUT2D eigenvalue weighted by Gasteiger charge is -2.06. The summed E-state index contributed by atoms with van der Waals surface area (Å²) in [5.41, 5.74) is 2.61. The number of nitrogens with zero attached hydrogens (tertiary/aromatic N) is 4. The van der Waals surface area contributed by atoms with E-state index in [9.17, 15) is 4.79 Å². The van der Waals surface area contributed by atoms with Gasteiger partial charge in [-0.2, -0.15) is 0 Å². The molecule has 0 saturated carbocycles. The number of carbonyl (C=O) groups is 1. The van der Waals surface area contributed by atoms with Crippen LogP contribution < -0.4 is 5.32 Å². The molecule has 1 aromatic carbocycles. The highest BCUT2D eigenvalue weighted by Crippen LogP contribution is 2.08. The van der Waals surface area contributed by atoms with Crippen molar-refractivity contribution in [3.05, 3.63) is 59.2 Å². The molecule has 0 spiro atoms. The third-order valence-corrected chi connectivity index (χ3v) is 3.43. The Bertz CT molecular complexity index is 810. The van der Waals surface area contributed by atoms with Gasteiger partial charge in [0.05, 0.1) is 0 Å². The van der Waals surface area contributed by atoms with Gasteiger partial charge < -0.3 is 5.32 Å². The summed E-state index contributed by atoms with van der Waals surface area (Å²) in [5.74, 6) is 1.32. The van der Waals surface area contributed by atoms with Crippen LogP contribution in [-0.4, -0.2) is 32.0 Å². The summed E-state index contributed by atoms with van der Waals surface area (Å²) in [5, 5.41) is 11.1. The molecular weight excluding hydrogens is 278 g/mol. The van der Waals surface area contributed by atoms with Crippen molar-refractivity contribution in [1.82, 2.24) is 24.9 Å². The molecular formula is C16H17N5O. The quantitative estimate of drug-likeness (QED) is 0.795. The molecule has 112 valence electrons. The predicted octanol–water partition coefficient (Wildman–Crippen LogP) is 1.71. The van der Waals surface area contributed by atoms with Crippen molar-refractivity contribution in [2.75, 3.05) is 6.54 Å². The van der Waals surface area contributed by atoms with Crippen LogP contribution in [0.15, 0.2) is 36.4 Å². The normalized spacial score (nSPS) is 10.8. The molecule has 6 heteroatoms.